The topological polar surface area (TPSA) is 73.2 Å². The fourth-order valence-electron chi connectivity index (χ4n) is 3.73. The fraction of sp³-hybridized carbons (Fsp3) is 0.192. The van der Waals surface area contributed by atoms with Crippen LogP contribution in [0.1, 0.15) is 24.2 Å². The maximum Gasteiger partial charge on any atom is 0.266 e. The number of anilines is 1. The zero-order valence-electron chi connectivity index (χ0n) is 18.2. The highest BCUT2D eigenvalue weighted by Gasteiger charge is 2.12. The highest BCUT2D eigenvalue weighted by atomic mass is 16.5. The van der Waals surface area contributed by atoms with Crippen LogP contribution in [-0.4, -0.2) is 22.6 Å². The molecule has 0 aliphatic rings. The number of aryl methyl sites for hydroxylation is 2. The number of rotatable bonds is 7. The Kier molecular flexibility index (Phi) is 6.31. The number of aromatic nitrogens is 2. The summed E-state index contributed by atoms with van der Waals surface area (Å²) in [4.78, 5) is 30.2. The summed E-state index contributed by atoms with van der Waals surface area (Å²) in [5.74, 6) is 1.23. The molecular weight excluding hydrogens is 402 g/mol. The molecule has 162 valence electrons. The minimum atomic E-state index is -0.183. The normalized spacial score (nSPS) is 10.8. The molecule has 0 aliphatic carbocycles. The number of benzene rings is 3. The van der Waals surface area contributed by atoms with Gasteiger partial charge in [-0.1, -0.05) is 30.3 Å². The van der Waals surface area contributed by atoms with Crippen LogP contribution < -0.4 is 15.6 Å². The van der Waals surface area contributed by atoms with Crippen LogP contribution in [-0.2, 0) is 11.2 Å². The van der Waals surface area contributed by atoms with E-state index in [4.69, 9.17) is 4.74 Å². The molecule has 32 heavy (non-hydrogen) atoms. The van der Waals surface area contributed by atoms with Gasteiger partial charge in [-0.2, -0.15) is 0 Å². The van der Waals surface area contributed by atoms with Crippen LogP contribution >= 0.6 is 0 Å². The van der Waals surface area contributed by atoms with Gasteiger partial charge in [0.2, 0.25) is 5.91 Å². The lowest BCUT2D eigenvalue weighted by Crippen LogP contribution is -2.22. The highest BCUT2D eigenvalue weighted by Crippen LogP contribution is 2.19. The molecule has 0 unspecified atom stereocenters. The van der Waals surface area contributed by atoms with E-state index in [1.54, 1.807) is 48.9 Å². The summed E-state index contributed by atoms with van der Waals surface area (Å²) in [6.45, 7) is 1.80. The van der Waals surface area contributed by atoms with Gasteiger partial charge in [0, 0.05) is 12.1 Å². The van der Waals surface area contributed by atoms with Crippen LogP contribution in [0, 0.1) is 6.92 Å². The minimum absolute atomic E-state index is 0.0733. The second-order valence-corrected chi connectivity index (χ2v) is 7.62. The predicted octanol–water partition coefficient (Wildman–Crippen LogP) is 4.66. The Morgan fingerprint density at radius 1 is 1.03 bits per heavy atom. The molecule has 6 nitrogen and oxygen atoms in total. The molecule has 6 heteroatoms. The Bertz CT molecular complexity index is 1300. The molecule has 1 heterocycles. The zero-order valence-corrected chi connectivity index (χ0v) is 18.2. The quantitative estimate of drug-likeness (QED) is 0.465. The van der Waals surface area contributed by atoms with E-state index in [-0.39, 0.29) is 11.5 Å². The number of methoxy groups -OCH3 is 1. The number of hydrogen-bond acceptors (Lipinski definition) is 4. The number of carbonyl (C=O) groups excluding carboxylic acids is 1. The summed E-state index contributed by atoms with van der Waals surface area (Å²) in [5.41, 5.74) is 2.92. The van der Waals surface area contributed by atoms with E-state index in [1.165, 1.54) is 5.56 Å². The van der Waals surface area contributed by atoms with E-state index in [0.717, 1.165) is 12.8 Å². The van der Waals surface area contributed by atoms with Crippen molar-refractivity contribution in [2.75, 3.05) is 12.4 Å². The number of carbonyl (C=O) groups is 1. The number of nitrogens with zero attached hydrogens (tertiary/aromatic N) is 2. The van der Waals surface area contributed by atoms with Gasteiger partial charge in [-0.25, -0.2) is 4.98 Å². The van der Waals surface area contributed by atoms with Gasteiger partial charge in [0.25, 0.3) is 5.56 Å². The van der Waals surface area contributed by atoms with Crippen molar-refractivity contribution in [1.82, 2.24) is 9.55 Å². The molecule has 0 bridgehead atoms. The first-order valence-electron chi connectivity index (χ1n) is 10.6. The van der Waals surface area contributed by atoms with Gasteiger partial charge < -0.3 is 10.1 Å². The van der Waals surface area contributed by atoms with Gasteiger partial charge in [0.15, 0.2) is 0 Å². The van der Waals surface area contributed by atoms with Crippen molar-refractivity contribution in [3.05, 3.63) is 94.5 Å². The molecule has 0 saturated carbocycles. The molecule has 3 aromatic carbocycles. The Hall–Kier alpha value is -3.93. The first-order valence-corrected chi connectivity index (χ1v) is 10.6. The van der Waals surface area contributed by atoms with Crippen molar-refractivity contribution < 1.29 is 9.53 Å². The maximum atomic E-state index is 13.3. The van der Waals surface area contributed by atoms with E-state index in [1.807, 2.05) is 30.3 Å². The number of nitrogens with one attached hydrogen (secondary N) is 1. The summed E-state index contributed by atoms with van der Waals surface area (Å²) >= 11 is 0. The Labute approximate surface area is 186 Å². The molecule has 0 fully saturated rings. The first-order chi connectivity index (χ1) is 15.5. The second kappa shape index (κ2) is 9.47. The molecule has 0 spiro atoms. The van der Waals surface area contributed by atoms with Gasteiger partial charge in [0.1, 0.15) is 11.6 Å². The van der Waals surface area contributed by atoms with E-state index in [0.29, 0.717) is 40.3 Å². The average Bonchev–Trinajstić information content (AvgIpc) is 2.81. The van der Waals surface area contributed by atoms with Gasteiger partial charge in [-0.3, -0.25) is 14.2 Å². The van der Waals surface area contributed by atoms with E-state index in [2.05, 4.69) is 22.4 Å². The fourth-order valence-corrected chi connectivity index (χ4v) is 3.73. The number of ether oxygens (including phenoxy) is 1. The van der Waals surface area contributed by atoms with Crippen LogP contribution in [0.5, 0.6) is 5.75 Å². The molecule has 1 amide bonds. The van der Waals surface area contributed by atoms with Crippen LogP contribution in [0.15, 0.2) is 77.6 Å². The second-order valence-electron chi connectivity index (χ2n) is 7.62. The van der Waals surface area contributed by atoms with Crippen LogP contribution in [0.3, 0.4) is 0 Å². The van der Waals surface area contributed by atoms with Crippen molar-refractivity contribution >= 4 is 22.5 Å². The number of amides is 1. The van der Waals surface area contributed by atoms with Gasteiger partial charge in [-0.15, -0.1) is 0 Å². The Balaban J connectivity index is 1.53. The van der Waals surface area contributed by atoms with Crippen molar-refractivity contribution in [3.8, 4) is 11.4 Å². The smallest absolute Gasteiger partial charge is 0.266 e. The van der Waals surface area contributed by atoms with Gasteiger partial charge in [0.05, 0.1) is 23.7 Å². The van der Waals surface area contributed by atoms with Crippen LogP contribution in [0.25, 0.3) is 16.6 Å². The highest BCUT2D eigenvalue weighted by molar-refractivity contribution is 5.93. The third kappa shape index (κ3) is 4.70. The SMILES string of the molecule is COc1ccc(-n2c(C)nc3ccc(NC(=O)CCCc4ccccc4)cc3c2=O)cc1. The summed E-state index contributed by atoms with van der Waals surface area (Å²) in [5, 5.41) is 3.36. The third-order valence-corrected chi connectivity index (χ3v) is 5.36. The molecule has 0 aliphatic heterocycles. The standard InChI is InChI=1S/C26H25N3O3/c1-18-27-24-16-11-20(28-25(30)10-6-9-19-7-4-3-5-8-19)17-23(24)26(31)29(18)21-12-14-22(32-2)15-13-21/h3-5,7-8,11-17H,6,9-10H2,1-2H3,(H,28,30). The maximum absolute atomic E-state index is 13.3. The van der Waals surface area contributed by atoms with E-state index >= 15 is 0 Å². The van der Waals surface area contributed by atoms with Crippen molar-refractivity contribution in [2.45, 2.75) is 26.2 Å². The molecule has 0 radical (unpaired) electrons. The average molecular weight is 428 g/mol. The Morgan fingerprint density at radius 3 is 2.50 bits per heavy atom. The minimum Gasteiger partial charge on any atom is -0.497 e. The molecular formula is C26H25N3O3. The van der Waals surface area contributed by atoms with E-state index < -0.39 is 0 Å². The third-order valence-electron chi connectivity index (χ3n) is 5.36. The van der Waals surface area contributed by atoms with E-state index in [9.17, 15) is 9.59 Å². The summed E-state index contributed by atoms with van der Waals surface area (Å²) < 4.78 is 6.76. The summed E-state index contributed by atoms with van der Waals surface area (Å²) in [6.07, 6.45) is 2.02. The van der Waals surface area contributed by atoms with Crippen molar-refractivity contribution in [3.63, 3.8) is 0 Å². The molecule has 4 rings (SSSR count). The largest absolute Gasteiger partial charge is 0.497 e. The van der Waals surface area contributed by atoms with Crippen LogP contribution in [0.2, 0.25) is 0 Å². The predicted molar refractivity (Wildman–Crippen MR) is 127 cm³/mol. The summed E-state index contributed by atoms with van der Waals surface area (Å²) in [6, 6.07) is 22.6. The zero-order chi connectivity index (χ0) is 22.5. The molecule has 1 aromatic heterocycles. The first kappa shape index (κ1) is 21.3. The lowest BCUT2D eigenvalue weighted by atomic mass is 10.1. The van der Waals surface area contributed by atoms with Gasteiger partial charge in [-0.05, 0) is 67.8 Å². The van der Waals surface area contributed by atoms with Crippen LogP contribution in [0.4, 0.5) is 5.69 Å². The monoisotopic (exact) mass is 427 g/mol. The molecule has 1 N–H and O–H groups in total. The van der Waals surface area contributed by atoms with Gasteiger partial charge >= 0.3 is 0 Å². The summed E-state index contributed by atoms with van der Waals surface area (Å²) in [7, 11) is 1.60. The number of fused-ring (bicyclic) bond motifs is 1. The lowest BCUT2D eigenvalue weighted by Gasteiger charge is -2.12. The number of hydrogen-bond donors (Lipinski definition) is 1. The molecule has 0 atom stereocenters. The molecule has 0 saturated heterocycles. The molecule has 4 aromatic rings. The van der Waals surface area contributed by atoms with Crippen molar-refractivity contribution in [1.29, 1.82) is 0 Å². The van der Waals surface area contributed by atoms with Crippen molar-refractivity contribution in [2.24, 2.45) is 0 Å². The lowest BCUT2D eigenvalue weighted by molar-refractivity contribution is -0.116. The Morgan fingerprint density at radius 2 is 1.78 bits per heavy atom.